The number of para-hydroxylation sites is 1. The Bertz CT molecular complexity index is 397. The van der Waals surface area contributed by atoms with E-state index in [2.05, 4.69) is 10.6 Å². The first-order valence-corrected chi connectivity index (χ1v) is 5.08. The molecule has 0 saturated carbocycles. The van der Waals surface area contributed by atoms with Crippen LogP contribution in [-0.4, -0.2) is 17.5 Å². The number of hydrogen-bond acceptors (Lipinski definition) is 4. The van der Waals surface area contributed by atoms with Gasteiger partial charge in [0.1, 0.15) is 11.4 Å². The fraction of sp³-hybridized carbons (Fsp3) is 0.455. The van der Waals surface area contributed by atoms with Crippen molar-refractivity contribution in [2.24, 2.45) is 0 Å². The molecule has 1 aromatic carbocycles. The third-order valence-electron chi connectivity index (χ3n) is 2.00. The molecule has 1 aromatic rings. The Labute approximate surface area is 95.0 Å². The Morgan fingerprint density at radius 2 is 1.81 bits per heavy atom. The van der Waals surface area contributed by atoms with Gasteiger partial charge in [-0.25, -0.2) is 0 Å². The number of nitrogens with zero attached hydrogens (tertiary/aromatic N) is 1. The highest BCUT2D eigenvalue weighted by Crippen LogP contribution is 2.33. The summed E-state index contributed by atoms with van der Waals surface area (Å²) in [4.78, 5) is 10.6. The summed E-state index contributed by atoms with van der Waals surface area (Å²) in [6.07, 6.45) is 0. The van der Waals surface area contributed by atoms with Crippen molar-refractivity contribution in [3.05, 3.63) is 28.3 Å². The van der Waals surface area contributed by atoms with Crippen LogP contribution in [-0.2, 0) is 0 Å². The van der Waals surface area contributed by atoms with Crippen LogP contribution in [0.5, 0.6) is 0 Å². The minimum atomic E-state index is -0.375. The van der Waals surface area contributed by atoms with Gasteiger partial charge in [0.05, 0.1) is 4.92 Å². The SMILES string of the molecule is CNc1cccc(NC(C)(C)C)c1[N+](=O)[O-]. The van der Waals surface area contributed by atoms with Gasteiger partial charge in [0, 0.05) is 12.6 Å². The van der Waals surface area contributed by atoms with Gasteiger partial charge in [-0.1, -0.05) is 6.07 Å². The first-order valence-electron chi connectivity index (χ1n) is 5.08. The van der Waals surface area contributed by atoms with Crippen LogP contribution < -0.4 is 10.6 Å². The average molecular weight is 223 g/mol. The van der Waals surface area contributed by atoms with Gasteiger partial charge < -0.3 is 10.6 Å². The molecule has 0 spiro atoms. The smallest absolute Gasteiger partial charge is 0.315 e. The molecule has 0 aromatic heterocycles. The molecule has 0 radical (unpaired) electrons. The van der Waals surface area contributed by atoms with E-state index < -0.39 is 0 Å². The largest absolute Gasteiger partial charge is 0.382 e. The molecule has 0 fully saturated rings. The summed E-state index contributed by atoms with van der Waals surface area (Å²) in [5.74, 6) is 0. The number of anilines is 2. The van der Waals surface area contributed by atoms with Crippen LogP contribution in [0.2, 0.25) is 0 Å². The van der Waals surface area contributed by atoms with E-state index in [0.29, 0.717) is 11.4 Å². The molecule has 0 atom stereocenters. The molecule has 1 rings (SSSR count). The second kappa shape index (κ2) is 4.38. The van der Waals surface area contributed by atoms with Crippen molar-refractivity contribution in [2.45, 2.75) is 26.3 Å². The lowest BCUT2D eigenvalue weighted by Crippen LogP contribution is -2.26. The molecular formula is C11H17N3O2. The molecule has 0 heterocycles. The minimum Gasteiger partial charge on any atom is -0.382 e. The van der Waals surface area contributed by atoms with E-state index >= 15 is 0 Å². The average Bonchev–Trinajstić information content (AvgIpc) is 2.14. The normalized spacial score (nSPS) is 11.0. The number of benzene rings is 1. The Hall–Kier alpha value is -1.78. The van der Waals surface area contributed by atoms with Crippen molar-refractivity contribution in [1.29, 1.82) is 0 Å². The third kappa shape index (κ3) is 2.85. The highest BCUT2D eigenvalue weighted by molar-refractivity contribution is 5.76. The van der Waals surface area contributed by atoms with Crippen LogP contribution in [0.3, 0.4) is 0 Å². The first-order chi connectivity index (χ1) is 7.35. The number of nitro benzene ring substituents is 1. The van der Waals surface area contributed by atoms with Gasteiger partial charge >= 0.3 is 5.69 Å². The summed E-state index contributed by atoms with van der Waals surface area (Å²) in [5.41, 5.74) is 0.917. The second-order valence-electron chi connectivity index (χ2n) is 4.58. The molecule has 0 saturated heterocycles. The van der Waals surface area contributed by atoms with Crippen LogP contribution >= 0.6 is 0 Å². The maximum absolute atomic E-state index is 11.0. The van der Waals surface area contributed by atoms with E-state index in [0.717, 1.165) is 0 Å². The van der Waals surface area contributed by atoms with E-state index in [9.17, 15) is 10.1 Å². The van der Waals surface area contributed by atoms with Crippen LogP contribution in [0.4, 0.5) is 17.1 Å². The van der Waals surface area contributed by atoms with Crippen molar-refractivity contribution < 1.29 is 4.92 Å². The van der Waals surface area contributed by atoms with E-state index in [1.807, 2.05) is 20.8 Å². The molecule has 2 N–H and O–H groups in total. The molecule has 0 aliphatic rings. The van der Waals surface area contributed by atoms with E-state index in [4.69, 9.17) is 0 Å². The van der Waals surface area contributed by atoms with Crippen LogP contribution in [0.1, 0.15) is 20.8 Å². The predicted molar refractivity (Wildman–Crippen MR) is 66.0 cm³/mol. The number of nitro groups is 1. The second-order valence-corrected chi connectivity index (χ2v) is 4.58. The van der Waals surface area contributed by atoms with Crippen LogP contribution in [0.25, 0.3) is 0 Å². The highest BCUT2D eigenvalue weighted by atomic mass is 16.6. The number of hydrogen-bond donors (Lipinski definition) is 2. The maximum Gasteiger partial charge on any atom is 0.315 e. The van der Waals surface area contributed by atoms with Gasteiger partial charge in [0.2, 0.25) is 0 Å². The highest BCUT2D eigenvalue weighted by Gasteiger charge is 2.21. The van der Waals surface area contributed by atoms with Gasteiger partial charge in [0.15, 0.2) is 0 Å². The molecule has 16 heavy (non-hydrogen) atoms. The lowest BCUT2D eigenvalue weighted by atomic mass is 10.1. The fourth-order valence-corrected chi connectivity index (χ4v) is 1.45. The summed E-state index contributed by atoms with van der Waals surface area (Å²) in [5, 5.41) is 17.0. The lowest BCUT2D eigenvalue weighted by molar-refractivity contribution is -0.383. The molecular weight excluding hydrogens is 206 g/mol. The molecule has 5 nitrogen and oxygen atoms in total. The van der Waals surface area contributed by atoms with E-state index in [1.54, 1.807) is 25.2 Å². The summed E-state index contributed by atoms with van der Waals surface area (Å²) in [6.45, 7) is 5.88. The zero-order valence-corrected chi connectivity index (χ0v) is 10.00. The maximum atomic E-state index is 11.0. The molecule has 5 heteroatoms. The number of rotatable bonds is 3. The Kier molecular flexibility index (Phi) is 3.37. The van der Waals surface area contributed by atoms with Gasteiger partial charge in [0.25, 0.3) is 0 Å². The van der Waals surface area contributed by atoms with E-state index in [-0.39, 0.29) is 16.1 Å². The van der Waals surface area contributed by atoms with E-state index in [1.165, 1.54) is 0 Å². The lowest BCUT2D eigenvalue weighted by Gasteiger charge is -2.22. The van der Waals surface area contributed by atoms with Gasteiger partial charge in [-0.15, -0.1) is 0 Å². The summed E-state index contributed by atoms with van der Waals surface area (Å²) in [7, 11) is 1.67. The van der Waals surface area contributed by atoms with Crippen LogP contribution in [0.15, 0.2) is 18.2 Å². The summed E-state index contributed by atoms with van der Waals surface area (Å²) >= 11 is 0. The van der Waals surface area contributed by atoms with Crippen molar-refractivity contribution in [1.82, 2.24) is 0 Å². The minimum absolute atomic E-state index is 0.0833. The standard InChI is InChI=1S/C11H17N3O2/c1-11(2,3)13-9-7-5-6-8(12-4)10(9)14(15)16/h5-7,12-13H,1-4H3. The zero-order chi connectivity index (χ0) is 12.3. The molecule has 0 aliphatic carbocycles. The summed E-state index contributed by atoms with van der Waals surface area (Å²) in [6, 6.07) is 5.18. The predicted octanol–water partition coefficient (Wildman–Crippen LogP) is 2.85. The molecule has 88 valence electrons. The van der Waals surface area contributed by atoms with Crippen molar-refractivity contribution in [3.63, 3.8) is 0 Å². The van der Waals surface area contributed by atoms with Crippen molar-refractivity contribution in [3.8, 4) is 0 Å². The monoisotopic (exact) mass is 223 g/mol. The number of nitrogens with one attached hydrogen (secondary N) is 2. The first kappa shape index (κ1) is 12.3. The summed E-state index contributed by atoms with van der Waals surface area (Å²) < 4.78 is 0. The Morgan fingerprint density at radius 1 is 1.25 bits per heavy atom. The topological polar surface area (TPSA) is 67.2 Å². The Balaban J connectivity index is 3.22. The van der Waals surface area contributed by atoms with Crippen molar-refractivity contribution >= 4 is 17.1 Å². The molecule has 0 aliphatic heterocycles. The zero-order valence-electron chi connectivity index (χ0n) is 10.00. The molecule has 0 unspecified atom stereocenters. The van der Waals surface area contributed by atoms with Crippen LogP contribution in [0, 0.1) is 10.1 Å². The van der Waals surface area contributed by atoms with Gasteiger partial charge in [-0.05, 0) is 32.9 Å². The van der Waals surface area contributed by atoms with Gasteiger partial charge in [-0.2, -0.15) is 0 Å². The Morgan fingerprint density at radius 3 is 2.25 bits per heavy atom. The fourth-order valence-electron chi connectivity index (χ4n) is 1.45. The van der Waals surface area contributed by atoms with Gasteiger partial charge in [-0.3, -0.25) is 10.1 Å². The molecule has 0 amide bonds. The molecule has 0 bridgehead atoms. The van der Waals surface area contributed by atoms with Crippen molar-refractivity contribution in [2.75, 3.05) is 17.7 Å². The third-order valence-corrected chi connectivity index (χ3v) is 2.00. The quantitative estimate of drug-likeness (QED) is 0.610.